The Morgan fingerprint density at radius 2 is 2.08 bits per heavy atom. The number of aliphatic hydroxyl groups is 1. The van der Waals surface area contributed by atoms with Gasteiger partial charge in [-0.2, -0.15) is 0 Å². The molecule has 1 atom stereocenters. The van der Waals surface area contributed by atoms with Crippen molar-refractivity contribution in [3.63, 3.8) is 0 Å². The van der Waals surface area contributed by atoms with Gasteiger partial charge in [0.1, 0.15) is 0 Å². The summed E-state index contributed by atoms with van der Waals surface area (Å²) in [6, 6.07) is 0. The third-order valence-corrected chi connectivity index (χ3v) is 1.66. The summed E-state index contributed by atoms with van der Waals surface area (Å²) in [6.45, 7) is 7.74. The second-order valence-electron chi connectivity index (χ2n) is 2.97. The molecule has 0 aromatic carbocycles. The molecule has 13 heavy (non-hydrogen) atoms. The third kappa shape index (κ3) is 4.68. The zero-order chi connectivity index (χ0) is 10.3. The first-order valence-electron chi connectivity index (χ1n) is 4.67. The van der Waals surface area contributed by atoms with Crippen LogP contribution in [0.5, 0.6) is 0 Å². The van der Waals surface area contributed by atoms with Gasteiger partial charge in [0, 0.05) is 0 Å². The average molecular weight is 186 g/mol. The van der Waals surface area contributed by atoms with E-state index < -0.39 is 12.1 Å². The molecule has 0 saturated heterocycles. The molecule has 0 aliphatic heterocycles. The number of hydrogen-bond acceptors (Lipinski definition) is 3. The highest BCUT2D eigenvalue weighted by Gasteiger charge is 2.16. The highest BCUT2D eigenvalue weighted by molar-refractivity contribution is 5.88. The first kappa shape index (κ1) is 12.2. The number of carbonyl (C=O) groups is 1. The van der Waals surface area contributed by atoms with Crippen molar-refractivity contribution in [2.75, 3.05) is 6.61 Å². The monoisotopic (exact) mass is 186 g/mol. The van der Waals surface area contributed by atoms with Crippen molar-refractivity contribution < 1.29 is 14.6 Å². The van der Waals surface area contributed by atoms with Crippen LogP contribution in [-0.2, 0) is 9.53 Å². The van der Waals surface area contributed by atoms with E-state index in [4.69, 9.17) is 4.74 Å². The molecule has 0 bridgehead atoms. The van der Waals surface area contributed by atoms with E-state index in [-0.39, 0.29) is 5.57 Å². The van der Waals surface area contributed by atoms with E-state index in [1.807, 2.05) is 13.8 Å². The quantitative estimate of drug-likeness (QED) is 0.507. The van der Waals surface area contributed by atoms with Gasteiger partial charge < -0.3 is 9.84 Å². The van der Waals surface area contributed by atoms with Crippen LogP contribution in [0.4, 0.5) is 0 Å². The molecule has 0 aromatic rings. The molecule has 0 fully saturated rings. The number of ether oxygens (including phenoxy) is 1. The SMILES string of the molecule is C=C(C(=O)OCCC)C(O)CCC. The van der Waals surface area contributed by atoms with E-state index in [9.17, 15) is 9.90 Å². The van der Waals surface area contributed by atoms with Gasteiger partial charge in [-0.3, -0.25) is 0 Å². The number of aliphatic hydroxyl groups excluding tert-OH is 1. The molecule has 0 amide bonds. The molecule has 1 N–H and O–H groups in total. The van der Waals surface area contributed by atoms with Crippen LogP contribution in [0.1, 0.15) is 33.1 Å². The van der Waals surface area contributed by atoms with Crippen LogP contribution in [0.25, 0.3) is 0 Å². The molecule has 1 unspecified atom stereocenters. The van der Waals surface area contributed by atoms with Crippen molar-refractivity contribution >= 4 is 5.97 Å². The van der Waals surface area contributed by atoms with Gasteiger partial charge in [0.15, 0.2) is 0 Å². The van der Waals surface area contributed by atoms with Gasteiger partial charge >= 0.3 is 5.97 Å². The lowest BCUT2D eigenvalue weighted by Gasteiger charge is -2.11. The van der Waals surface area contributed by atoms with Crippen molar-refractivity contribution in [3.8, 4) is 0 Å². The minimum atomic E-state index is -0.755. The Kier molecular flexibility index (Phi) is 6.24. The fourth-order valence-corrected chi connectivity index (χ4v) is 0.871. The summed E-state index contributed by atoms with van der Waals surface area (Å²) < 4.78 is 4.82. The zero-order valence-electron chi connectivity index (χ0n) is 8.38. The number of esters is 1. The molecule has 0 aromatic heterocycles. The molecule has 0 heterocycles. The number of carbonyl (C=O) groups excluding carboxylic acids is 1. The van der Waals surface area contributed by atoms with Crippen LogP contribution in [0.3, 0.4) is 0 Å². The maximum atomic E-state index is 11.1. The van der Waals surface area contributed by atoms with Gasteiger partial charge in [-0.25, -0.2) is 4.79 Å². The third-order valence-electron chi connectivity index (χ3n) is 1.66. The summed E-state index contributed by atoms with van der Waals surface area (Å²) in [5, 5.41) is 9.39. The molecule has 3 heteroatoms. The smallest absolute Gasteiger partial charge is 0.336 e. The lowest BCUT2D eigenvalue weighted by Crippen LogP contribution is -2.19. The van der Waals surface area contributed by atoms with E-state index in [2.05, 4.69) is 6.58 Å². The highest BCUT2D eigenvalue weighted by atomic mass is 16.5. The van der Waals surface area contributed by atoms with Gasteiger partial charge in [0.2, 0.25) is 0 Å². The van der Waals surface area contributed by atoms with Crippen LogP contribution >= 0.6 is 0 Å². The molecular weight excluding hydrogens is 168 g/mol. The van der Waals surface area contributed by atoms with E-state index >= 15 is 0 Å². The number of hydrogen-bond donors (Lipinski definition) is 1. The summed E-state index contributed by atoms with van der Waals surface area (Å²) in [5.74, 6) is -0.484. The molecule has 0 aliphatic rings. The fraction of sp³-hybridized carbons (Fsp3) is 0.700. The predicted octanol–water partition coefficient (Wildman–Crippen LogP) is 1.66. The maximum absolute atomic E-state index is 11.1. The first-order chi connectivity index (χ1) is 6.13. The van der Waals surface area contributed by atoms with Gasteiger partial charge in [0.05, 0.1) is 18.3 Å². The van der Waals surface area contributed by atoms with Crippen molar-refractivity contribution in [1.82, 2.24) is 0 Å². The molecule has 0 radical (unpaired) electrons. The van der Waals surface area contributed by atoms with E-state index in [1.165, 1.54) is 0 Å². The summed E-state index contributed by atoms with van der Waals surface area (Å²) in [5.41, 5.74) is 0.162. The lowest BCUT2D eigenvalue weighted by atomic mass is 10.1. The summed E-state index contributed by atoms with van der Waals surface area (Å²) in [4.78, 5) is 11.1. The minimum Gasteiger partial charge on any atom is -0.462 e. The van der Waals surface area contributed by atoms with Crippen LogP contribution < -0.4 is 0 Å². The molecule has 0 saturated carbocycles. The molecule has 3 nitrogen and oxygen atoms in total. The highest BCUT2D eigenvalue weighted by Crippen LogP contribution is 2.08. The van der Waals surface area contributed by atoms with E-state index in [0.29, 0.717) is 13.0 Å². The Hall–Kier alpha value is -0.830. The fourth-order valence-electron chi connectivity index (χ4n) is 0.871. The Balaban J connectivity index is 3.87. The second kappa shape index (κ2) is 6.66. The normalized spacial score (nSPS) is 12.2. The van der Waals surface area contributed by atoms with E-state index in [1.54, 1.807) is 0 Å². The summed E-state index contributed by atoms with van der Waals surface area (Å²) >= 11 is 0. The Morgan fingerprint density at radius 1 is 1.46 bits per heavy atom. The van der Waals surface area contributed by atoms with E-state index in [0.717, 1.165) is 12.8 Å². The largest absolute Gasteiger partial charge is 0.462 e. The van der Waals surface area contributed by atoms with Crippen molar-refractivity contribution in [3.05, 3.63) is 12.2 Å². The van der Waals surface area contributed by atoms with Crippen LogP contribution in [-0.4, -0.2) is 23.8 Å². The summed E-state index contributed by atoms with van der Waals surface area (Å²) in [6.07, 6.45) is 1.40. The van der Waals surface area contributed by atoms with Gasteiger partial charge in [0.25, 0.3) is 0 Å². The Morgan fingerprint density at radius 3 is 2.54 bits per heavy atom. The zero-order valence-corrected chi connectivity index (χ0v) is 8.38. The molecule has 0 rings (SSSR count). The lowest BCUT2D eigenvalue weighted by molar-refractivity contribution is -0.140. The maximum Gasteiger partial charge on any atom is 0.336 e. The standard InChI is InChI=1S/C10H18O3/c1-4-6-9(11)8(3)10(12)13-7-5-2/h9,11H,3-7H2,1-2H3. The molecular formula is C10H18O3. The Bertz CT molecular complexity index is 175. The first-order valence-corrected chi connectivity index (χ1v) is 4.67. The molecule has 0 spiro atoms. The molecule has 0 aliphatic carbocycles. The van der Waals surface area contributed by atoms with Gasteiger partial charge in [-0.15, -0.1) is 0 Å². The predicted molar refractivity (Wildman–Crippen MR) is 51.3 cm³/mol. The van der Waals surface area contributed by atoms with Crippen LogP contribution in [0, 0.1) is 0 Å². The molecule has 76 valence electrons. The van der Waals surface area contributed by atoms with Crippen LogP contribution in [0.15, 0.2) is 12.2 Å². The second-order valence-corrected chi connectivity index (χ2v) is 2.97. The van der Waals surface area contributed by atoms with Crippen LogP contribution in [0.2, 0.25) is 0 Å². The summed E-state index contributed by atoms with van der Waals surface area (Å²) in [7, 11) is 0. The van der Waals surface area contributed by atoms with Crippen molar-refractivity contribution in [2.24, 2.45) is 0 Å². The topological polar surface area (TPSA) is 46.5 Å². The minimum absolute atomic E-state index is 0.162. The van der Waals surface area contributed by atoms with Crippen molar-refractivity contribution in [1.29, 1.82) is 0 Å². The van der Waals surface area contributed by atoms with Gasteiger partial charge in [-0.05, 0) is 12.8 Å². The number of rotatable bonds is 6. The Labute approximate surface area is 79.4 Å². The van der Waals surface area contributed by atoms with Gasteiger partial charge in [-0.1, -0.05) is 26.8 Å². The van der Waals surface area contributed by atoms with Crippen molar-refractivity contribution in [2.45, 2.75) is 39.2 Å². The average Bonchev–Trinajstić information content (AvgIpc) is 2.13.